The van der Waals surface area contributed by atoms with Crippen LogP contribution in [-0.4, -0.2) is 24.9 Å². The summed E-state index contributed by atoms with van der Waals surface area (Å²) in [5.74, 6) is 0.325. The smallest absolute Gasteiger partial charge is 0.368 e. The van der Waals surface area contributed by atoms with Crippen molar-refractivity contribution in [2.24, 2.45) is 7.05 Å². The molecule has 2 aromatic heterocycles. The Morgan fingerprint density at radius 1 is 1.30 bits per heavy atom. The predicted octanol–water partition coefficient (Wildman–Crippen LogP) is 0.364. The minimum absolute atomic E-state index is 0. The second-order valence-corrected chi connectivity index (χ2v) is 4.50. The molecule has 0 fully saturated rings. The molecular weight excluding hydrogens is 380 g/mol. The molecule has 0 N–H and O–H groups in total. The van der Waals surface area contributed by atoms with Crippen LogP contribution in [0.4, 0.5) is 4.39 Å². The molecule has 0 aliphatic heterocycles. The maximum Gasteiger partial charge on any atom is 0.368 e. The van der Waals surface area contributed by atoms with E-state index in [1.54, 1.807) is 24.3 Å². The van der Waals surface area contributed by atoms with Crippen molar-refractivity contribution >= 4 is 0 Å². The molecule has 0 amide bonds. The van der Waals surface area contributed by atoms with Gasteiger partial charge in [0.2, 0.25) is 0 Å². The van der Waals surface area contributed by atoms with E-state index in [0.717, 1.165) is 9.36 Å². The number of nitrogens with zero attached hydrogens (tertiary/aromatic N) is 6. The van der Waals surface area contributed by atoms with Crippen LogP contribution in [0.3, 0.4) is 0 Å². The summed E-state index contributed by atoms with van der Waals surface area (Å²) in [6.07, 6.45) is 1.49. The third-order valence-corrected chi connectivity index (χ3v) is 3.15. The van der Waals surface area contributed by atoms with Crippen LogP contribution in [0.2, 0.25) is 0 Å². The van der Waals surface area contributed by atoms with Crippen LogP contribution in [-0.2, 0) is 53.0 Å². The first-order valence-electron chi connectivity index (χ1n) is 6.44. The topological polar surface area (TPSA) is 88.9 Å². The standard InChI is InChI=1S/C13H12FN6O2.Y/c1-19-13(21)20(18-17-19)11-4-2-3-9(7-14)10(11)8-22-12-5-6-15-16-12;/h2-6H,7-8H2,1H3;/q-1;. The Kier molecular flexibility index (Phi) is 5.78. The summed E-state index contributed by atoms with van der Waals surface area (Å²) in [6.45, 7) is -0.647. The number of halogens is 1. The van der Waals surface area contributed by atoms with E-state index < -0.39 is 12.4 Å². The van der Waals surface area contributed by atoms with Crippen LogP contribution >= 0.6 is 0 Å². The Balaban J connectivity index is 0.00000192. The molecular formula is C13H12FN6O2Y-. The minimum atomic E-state index is -0.686. The summed E-state index contributed by atoms with van der Waals surface area (Å²) >= 11 is 0. The molecule has 0 aliphatic carbocycles. The quantitative estimate of drug-likeness (QED) is 0.623. The van der Waals surface area contributed by atoms with Gasteiger partial charge < -0.3 is 14.9 Å². The third-order valence-electron chi connectivity index (χ3n) is 3.15. The fraction of sp³-hybridized carbons (Fsp3) is 0.231. The van der Waals surface area contributed by atoms with Crippen LogP contribution in [0.25, 0.3) is 5.69 Å². The number of alkyl halides is 1. The maximum atomic E-state index is 13.2. The normalized spacial score (nSPS) is 10.3. The van der Waals surface area contributed by atoms with Crippen molar-refractivity contribution in [3.8, 4) is 11.6 Å². The fourth-order valence-corrected chi connectivity index (χ4v) is 2.02. The van der Waals surface area contributed by atoms with E-state index >= 15 is 0 Å². The first kappa shape index (κ1) is 17.5. The van der Waals surface area contributed by atoms with E-state index in [1.165, 1.54) is 13.2 Å². The van der Waals surface area contributed by atoms with Gasteiger partial charge in [-0.15, -0.1) is 0 Å². The monoisotopic (exact) mass is 392 g/mol. The number of aromatic nitrogens is 6. The molecule has 0 atom stereocenters. The van der Waals surface area contributed by atoms with Crippen LogP contribution in [0.15, 0.2) is 35.3 Å². The Morgan fingerprint density at radius 3 is 2.74 bits per heavy atom. The Bertz CT molecular complexity index is 829. The number of hydrogen-bond acceptors (Lipinski definition) is 5. The second kappa shape index (κ2) is 7.60. The molecule has 10 heteroatoms. The van der Waals surface area contributed by atoms with Gasteiger partial charge in [0.15, 0.2) is 5.88 Å². The van der Waals surface area contributed by atoms with Crippen molar-refractivity contribution in [1.82, 2.24) is 30.0 Å². The summed E-state index contributed by atoms with van der Waals surface area (Å²) in [4.78, 5) is 12.0. The Labute approximate surface area is 155 Å². The molecule has 23 heavy (non-hydrogen) atoms. The van der Waals surface area contributed by atoms with E-state index in [-0.39, 0.29) is 39.3 Å². The Hall–Kier alpha value is -1.87. The minimum Gasteiger partial charge on any atom is -0.579 e. The van der Waals surface area contributed by atoms with Crippen molar-refractivity contribution < 1.29 is 41.8 Å². The number of hydrogen-bond donors (Lipinski definition) is 0. The first-order chi connectivity index (χ1) is 10.7. The molecule has 0 bridgehead atoms. The fourth-order valence-electron chi connectivity index (χ4n) is 2.02. The number of ether oxygens (including phenoxy) is 1. The van der Waals surface area contributed by atoms with Crippen molar-refractivity contribution in [1.29, 1.82) is 0 Å². The van der Waals surface area contributed by atoms with Gasteiger partial charge in [0.25, 0.3) is 0 Å². The van der Waals surface area contributed by atoms with Gasteiger partial charge in [0, 0.05) is 45.3 Å². The molecule has 0 spiro atoms. The number of rotatable bonds is 5. The van der Waals surface area contributed by atoms with Gasteiger partial charge in [0.1, 0.15) is 13.3 Å². The van der Waals surface area contributed by atoms with E-state index in [1.807, 2.05) is 0 Å². The van der Waals surface area contributed by atoms with Crippen molar-refractivity contribution in [3.05, 3.63) is 52.1 Å². The van der Waals surface area contributed by atoms with Crippen molar-refractivity contribution in [2.75, 3.05) is 0 Å². The first-order valence-corrected chi connectivity index (χ1v) is 6.44. The number of aryl methyl sites for hydroxylation is 1. The Morgan fingerprint density at radius 2 is 2.13 bits per heavy atom. The molecule has 3 rings (SSSR count). The molecule has 117 valence electrons. The average molecular weight is 392 g/mol. The zero-order valence-electron chi connectivity index (χ0n) is 12.3. The van der Waals surface area contributed by atoms with E-state index in [0.29, 0.717) is 22.7 Å². The van der Waals surface area contributed by atoms with Gasteiger partial charge in [-0.3, -0.25) is 0 Å². The van der Waals surface area contributed by atoms with Crippen molar-refractivity contribution in [2.45, 2.75) is 13.3 Å². The van der Waals surface area contributed by atoms with E-state index in [2.05, 4.69) is 20.6 Å². The van der Waals surface area contributed by atoms with Crippen molar-refractivity contribution in [3.63, 3.8) is 0 Å². The van der Waals surface area contributed by atoms with Crippen LogP contribution < -0.4 is 15.5 Å². The zero-order valence-corrected chi connectivity index (χ0v) is 15.1. The largest absolute Gasteiger partial charge is 0.579 e. The molecule has 0 aliphatic rings. The van der Waals surface area contributed by atoms with Crippen LogP contribution in [0.1, 0.15) is 11.1 Å². The SMILES string of the molecule is Cn1nnn(-c2cccc(CF)c2COc2cc[n-]n2)c1=O.[Y]. The molecule has 3 aromatic rings. The molecule has 0 unspecified atom stereocenters. The average Bonchev–Trinajstić information content (AvgIpc) is 3.16. The second-order valence-electron chi connectivity index (χ2n) is 4.50. The van der Waals surface area contributed by atoms with Gasteiger partial charge >= 0.3 is 5.69 Å². The number of benzene rings is 1. The summed E-state index contributed by atoms with van der Waals surface area (Å²) in [5, 5.41) is 14.8. The van der Waals surface area contributed by atoms with Gasteiger partial charge in [-0.1, -0.05) is 12.1 Å². The summed E-state index contributed by atoms with van der Waals surface area (Å²) in [5.41, 5.74) is 0.920. The summed E-state index contributed by atoms with van der Waals surface area (Å²) < 4.78 is 20.9. The molecule has 8 nitrogen and oxygen atoms in total. The maximum absolute atomic E-state index is 13.2. The molecule has 0 saturated carbocycles. The third kappa shape index (κ3) is 3.56. The predicted molar refractivity (Wildman–Crippen MR) is 73.3 cm³/mol. The van der Waals surface area contributed by atoms with E-state index in [4.69, 9.17) is 4.74 Å². The van der Waals surface area contributed by atoms with E-state index in [9.17, 15) is 9.18 Å². The molecule has 0 saturated heterocycles. The van der Waals surface area contributed by atoms with Gasteiger partial charge in [-0.25, -0.2) is 9.18 Å². The summed E-state index contributed by atoms with van der Waals surface area (Å²) in [6, 6.07) is 6.52. The van der Waals surface area contributed by atoms with Gasteiger partial charge in [0.05, 0.1) is 5.69 Å². The zero-order chi connectivity index (χ0) is 15.5. The van der Waals surface area contributed by atoms with Crippen LogP contribution in [0, 0.1) is 0 Å². The van der Waals surface area contributed by atoms with Gasteiger partial charge in [-0.05, 0) is 28.1 Å². The molecule has 2 heterocycles. The van der Waals surface area contributed by atoms with Crippen LogP contribution in [0.5, 0.6) is 5.88 Å². The summed E-state index contributed by atoms with van der Waals surface area (Å²) in [7, 11) is 1.49. The molecule has 1 radical (unpaired) electrons. The number of tetrazole rings is 1. The van der Waals surface area contributed by atoms with Gasteiger partial charge in [-0.2, -0.15) is 15.6 Å². The molecule has 1 aromatic carbocycles.